The van der Waals surface area contributed by atoms with E-state index in [2.05, 4.69) is 5.32 Å². The van der Waals surface area contributed by atoms with Gasteiger partial charge in [0.25, 0.3) is 5.91 Å². The van der Waals surface area contributed by atoms with Crippen molar-refractivity contribution < 1.29 is 27.9 Å². The summed E-state index contributed by atoms with van der Waals surface area (Å²) in [5.41, 5.74) is 0.199. The third-order valence-corrected chi connectivity index (χ3v) is 2.95. The molecule has 2 aromatic rings. The molecule has 8 heteroatoms. The van der Waals surface area contributed by atoms with Crippen LogP contribution in [0.3, 0.4) is 0 Å². The van der Waals surface area contributed by atoms with Crippen LogP contribution in [0.5, 0.6) is 0 Å². The number of nitrogens with one attached hydrogen (secondary N) is 2. The number of imide groups is 1. The molecule has 3 amide bonds. The number of hydrogen-bond acceptors (Lipinski definition) is 5. The van der Waals surface area contributed by atoms with Gasteiger partial charge in [0.2, 0.25) is 5.76 Å². The maximum Gasteiger partial charge on any atom is 0.374 e. The molecular formula is C17H17FN2O5. The lowest BCUT2D eigenvalue weighted by molar-refractivity contribution is -0.123. The van der Waals surface area contributed by atoms with Crippen LogP contribution >= 0.6 is 0 Å². The van der Waals surface area contributed by atoms with Crippen LogP contribution in [0.2, 0.25) is 0 Å². The van der Waals surface area contributed by atoms with Crippen LogP contribution in [-0.2, 0) is 9.53 Å². The van der Waals surface area contributed by atoms with Gasteiger partial charge in [-0.3, -0.25) is 10.1 Å². The smallest absolute Gasteiger partial charge is 0.374 e. The van der Waals surface area contributed by atoms with Crippen molar-refractivity contribution in [3.8, 4) is 11.3 Å². The number of hydrogen-bond donors (Lipinski definition) is 2. The van der Waals surface area contributed by atoms with E-state index in [-0.39, 0.29) is 23.1 Å². The monoisotopic (exact) mass is 348 g/mol. The molecule has 7 nitrogen and oxygen atoms in total. The number of urea groups is 1. The van der Waals surface area contributed by atoms with Gasteiger partial charge in [-0.2, -0.15) is 0 Å². The molecule has 0 unspecified atom stereocenters. The van der Waals surface area contributed by atoms with Crippen molar-refractivity contribution in [3.63, 3.8) is 0 Å². The summed E-state index contributed by atoms with van der Waals surface area (Å²) in [6, 6.07) is 7.84. The summed E-state index contributed by atoms with van der Waals surface area (Å²) >= 11 is 0. The predicted octanol–water partition coefficient (Wildman–Crippen LogP) is 2.48. The zero-order chi connectivity index (χ0) is 18.4. The van der Waals surface area contributed by atoms with Gasteiger partial charge in [-0.1, -0.05) is 12.1 Å². The topological polar surface area (TPSA) is 97.6 Å². The number of halogens is 1. The predicted molar refractivity (Wildman–Crippen MR) is 86.2 cm³/mol. The highest BCUT2D eigenvalue weighted by Gasteiger charge is 2.17. The zero-order valence-corrected chi connectivity index (χ0v) is 13.7. The average Bonchev–Trinajstić information content (AvgIpc) is 3.02. The Labute approximate surface area is 143 Å². The van der Waals surface area contributed by atoms with Gasteiger partial charge in [0, 0.05) is 6.04 Å². The molecule has 25 heavy (non-hydrogen) atoms. The van der Waals surface area contributed by atoms with Crippen LogP contribution in [0.4, 0.5) is 9.18 Å². The summed E-state index contributed by atoms with van der Waals surface area (Å²) in [5.74, 6) is -2.20. The first-order valence-corrected chi connectivity index (χ1v) is 7.49. The van der Waals surface area contributed by atoms with Crippen molar-refractivity contribution >= 4 is 17.9 Å². The lowest BCUT2D eigenvalue weighted by Crippen LogP contribution is -2.44. The molecule has 1 aromatic heterocycles. The van der Waals surface area contributed by atoms with Crippen molar-refractivity contribution in [3.05, 3.63) is 48.0 Å². The molecule has 0 radical (unpaired) electrons. The first kappa shape index (κ1) is 18.2. The Bertz CT molecular complexity index is 785. The van der Waals surface area contributed by atoms with Crippen molar-refractivity contribution in [2.45, 2.75) is 19.9 Å². The van der Waals surface area contributed by atoms with Gasteiger partial charge in [0.1, 0.15) is 11.6 Å². The Morgan fingerprint density at radius 2 is 1.88 bits per heavy atom. The van der Waals surface area contributed by atoms with Gasteiger partial charge in [0.05, 0.1) is 5.56 Å². The maximum atomic E-state index is 13.7. The van der Waals surface area contributed by atoms with E-state index in [4.69, 9.17) is 9.15 Å². The minimum atomic E-state index is -0.901. The summed E-state index contributed by atoms with van der Waals surface area (Å²) in [5, 5.41) is 4.46. The Balaban J connectivity index is 1.91. The van der Waals surface area contributed by atoms with Crippen LogP contribution < -0.4 is 10.6 Å². The Kier molecular flexibility index (Phi) is 5.89. The van der Waals surface area contributed by atoms with Gasteiger partial charge >= 0.3 is 12.0 Å². The number of amides is 3. The number of furan rings is 1. The van der Waals surface area contributed by atoms with E-state index in [0.717, 1.165) is 0 Å². The summed E-state index contributed by atoms with van der Waals surface area (Å²) < 4.78 is 23.7. The highest BCUT2D eigenvalue weighted by atomic mass is 19.1. The number of carbonyl (C=O) groups is 3. The van der Waals surface area contributed by atoms with Crippen LogP contribution in [0.15, 0.2) is 40.8 Å². The minimum Gasteiger partial charge on any atom is -0.450 e. The third-order valence-electron chi connectivity index (χ3n) is 2.95. The van der Waals surface area contributed by atoms with Crippen LogP contribution in [0.25, 0.3) is 11.3 Å². The molecule has 1 aromatic carbocycles. The number of ether oxygens (including phenoxy) is 1. The molecule has 0 saturated carbocycles. The fourth-order valence-electron chi connectivity index (χ4n) is 1.92. The van der Waals surface area contributed by atoms with Crippen LogP contribution in [-0.4, -0.2) is 30.6 Å². The third kappa shape index (κ3) is 5.17. The van der Waals surface area contributed by atoms with E-state index >= 15 is 0 Å². The summed E-state index contributed by atoms with van der Waals surface area (Å²) in [6.45, 7) is 2.81. The van der Waals surface area contributed by atoms with Crippen molar-refractivity contribution in [2.75, 3.05) is 6.61 Å². The highest BCUT2D eigenvalue weighted by molar-refractivity contribution is 5.96. The van der Waals surface area contributed by atoms with E-state index in [0.29, 0.717) is 0 Å². The SMILES string of the molecule is CC(C)NC(=O)NC(=O)COC(=O)c1ccc(-c2ccccc2F)o1. The molecule has 0 bridgehead atoms. The van der Waals surface area contributed by atoms with Gasteiger partial charge < -0.3 is 14.5 Å². The molecule has 0 aliphatic carbocycles. The quantitative estimate of drug-likeness (QED) is 0.809. The number of esters is 1. The van der Waals surface area contributed by atoms with Crippen molar-refractivity contribution in [2.24, 2.45) is 0 Å². The summed E-state index contributed by atoms with van der Waals surface area (Å²) in [4.78, 5) is 34.7. The fraction of sp³-hybridized carbons (Fsp3) is 0.235. The number of benzene rings is 1. The van der Waals surface area contributed by atoms with Crippen molar-refractivity contribution in [1.29, 1.82) is 0 Å². The second-order valence-corrected chi connectivity index (χ2v) is 5.40. The van der Waals surface area contributed by atoms with Crippen molar-refractivity contribution in [1.82, 2.24) is 10.6 Å². The minimum absolute atomic E-state index is 0.143. The first-order chi connectivity index (χ1) is 11.9. The lowest BCUT2D eigenvalue weighted by atomic mass is 10.1. The second-order valence-electron chi connectivity index (χ2n) is 5.40. The zero-order valence-electron chi connectivity index (χ0n) is 13.7. The van der Waals surface area contributed by atoms with Crippen LogP contribution in [0.1, 0.15) is 24.4 Å². The molecule has 2 rings (SSSR count). The number of rotatable bonds is 5. The maximum absolute atomic E-state index is 13.7. The van der Waals surface area contributed by atoms with E-state index in [1.54, 1.807) is 19.9 Å². The molecule has 132 valence electrons. The molecule has 1 heterocycles. The average molecular weight is 348 g/mol. The van der Waals surface area contributed by atoms with Gasteiger partial charge in [-0.15, -0.1) is 0 Å². The molecule has 0 aliphatic heterocycles. The van der Waals surface area contributed by atoms with Crippen LogP contribution in [0, 0.1) is 5.82 Å². The standard InChI is InChI=1S/C17H17FN2O5/c1-10(2)19-17(23)20-15(21)9-24-16(22)14-8-7-13(25-14)11-5-3-4-6-12(11)18/h3-8,10H,9H2,1-2H3,(H2,19,20,21,23). The van der Waals surface area contributed by atoms with E-state index in [1.165, 1.54) is 30.3 Å². The summed E-state index contributed by atoms with van der Waals surface area (Å²) in [6.07, 6.45) is 0. The molecule has 0 saturated heterocycles. The van der Waals surface area contributed by atoms with Gasteiger partial charge in [0.15, 0.2) is 6.61 Å². The number of carbonyl (C=O) groups excluding carboxylic acids is 3. The van der Waals surface area contributed by atoms with Gasteiger partial charge in [-0.25, -0.2) is 14.0 Å². The molecule has 0 aliphatic rings. The highest BCUT2D eigenvalue weighted by Crippen LogP contribution is 2.24. The fourth-order valence-corrected chi connectivity index (χ4v) is 1.92. The Morgan fingerprint density at radius 1 is 1.16 bits per heavy atom. The summed E-state index contributed by atoms with van der Waals surface area (Å²) in [7, 11) is 0. The normalized spacial score (nSPS) is 10.4. The Morgan fingerprint density at radius 3 is 2.56 bits per heavy atom. The molecule has 2 N–H and O–H groups in total. The molecule has 0 atom stereocenters. The largest absolute Gasteiger partial charge is 0.450 e. The first-order valence-electron chi connectivity index (χ1n) is 7.49. The second kappa shape index (κ2) is 8.09. The lowest BCUT2D eigenvalue weighted by Gasteiger charge is -2.09. The Hall–Kier alpha value is -3.16. The van der Waals surface area contributed by atoms with E-state index in [1.807, 2.05) is 5.32 Å². The van der Waals surface area contributed by atoms with E-state index < -0.39 is 30.3 Å². The molecular weight excluding hydrogens is 331 g/mol. The van der Waals surface area contributed by atoms with Gasteiger partial charge in [-0.05, 0) is 38.1 Å². The molecule has 0 fully saturated rings. The molecule has 0 spiro atoms. The van der Waals surface area contributed by atoms with E-state index in [9.17, 15) is 18.8 Å².